The molecule has 2 heterocycles. The van der Waals surface area contributed by atoms with E-state index in [1.807, 2.05) is 42.5 Å². The van der Waals surface area contributed by atoms with Crippen LogP contribution in [0.4, 0.5) is 0 Å². The third-order valence-electron chi connectivity index (χ3n) is 5.22. The van der Waals surface area contributed by atoms with Gasteiger partial charge in [-0.1, -0.05) is 24.3 Å². The Morgan fingerprint density at radius 3 is 2.63 bits per heavy atom. The van der Waals surface area contributed by atoms with Crippen LogP contribution < -0.4 is 4.74 Å². The maximum atomic E-state index is 12.0. The molecule has 6 heteroatoms. The monoisotopic (exact) mass is 370 g/mol. The molecule has 0 aromatic heterocycles. The van der Waals surface area contributed by atoms with Gasteiger partial charge in [0.2, 0.25) is 0 Å². The first-order valence-corrected chi connectivity index (χ1v) is 8.94. The molecule has 0 bridgehead atoms. The van der Waals surface area contributed by atoms with Crippen LogP contribution in [0.2, 0.25) is 0 Å². The normalized spacial score (nSPS) is 27.0. The largest absolute Gasteiger partial charge is 0.497 e. The Hall–Kier alpha value is -2.25. The van der Waals surface area contributed by atoms with E-state index in [1.54, 1.807) is 7.11 Å². The first-order valence-electron chi connectivity index (χ1n) is 8.94. The van der Waals surface area contributed by atoms with Crippen LogP contribution in [0.15, 0.2) is 42.5 Å². The van der Waals surface area contributed by atoms with Gasteiger partial charge < -0.3 is 24.4 Å². The second-order valence-electron chi connectivity index (χ2n) is 6.97. The van der Waals surface area contributed by atoms with Gasteiger partial charge in [0.05, 0.1) is 20.3 Å². The molecule has 0 amide bonds. The van der Waals surface area contributed by atoms with E-state index >= 15 is 0 Å². The number of carbonyl (C=O) groups is 1. The van der Waals surface area contributed by atoms with Crippen molar-refractivity contribution in [3.8, 4) is 5.75 Å². The highest BCUT2D eigenvalue weighted by molar-refractivity contribution is 5.88. The Bertz CT molecular complexity index is 846. The van der Waals surface area contributed by atoms with Crippen molar-refractivity contribution < 1.29 is 29.2 Å². The molecule has 2 aromatic rings. The van der Waals surface area contributed by atoms with Crippen LogP contribution in [-0.4, -0.2) is 41.9 Å². The number of methoxy groups -OCH3 is 1. The molecule has 2 aliphatic rings. The summed E-state index contributed by atoms with van der Waals surface area (Å²) in [5.74, 6) is -0.884. The SMILES string of the molecule is COc1ccc(Cc2ccc3c(c2)C2(C[C@@H](O)C(=O)[C@@H](CO)O2)OC3)cc1. The maximum Gasteiger partial charge on any atom is 0.199 e. The van der Waals surface area contributed by atoms with Gasteiger partial charge in [-0.3, -0.25) is 4.79 Å². The van der Waals surface area contributed by atoms with Crippen LogP contribution in [0, 0.1) is 0 Å². The summed E-state index contributed by atoms with van der Waals surface area (Å²) in [6.45, 7) is -0.140. The summed E-state index contributed by atoms with van der Waals surface area (Å²) >= 11 is 0. The summed E-state index contributed by atoms with van der Waals surface area (Å²) in [6, 6.07) is 13.9. The first-order chi connectivity index (χ1) is 13.0. The molecule has 1 saturated heterocycles. The Labute approximate surface area is 157 Å². The van der Waals surface area contributed by atoms with Gasteiger partial charge in [0.1, 0.15) is 18.0 Å². The van der Waals surface area contributed by atoms with Crippen molar-refractivity contribution in [3.63, 3.8) is 0 Å². The lowest BCUT2D eigenvalue weighted by molar-refractivity contribution is -0.288. The standard InChI is InChI=1S/C21H22O6/c1-25-16-6-3-13(4-7-16)8-14-2-5-15-12-26-21(17(15)9-14)10-18(23)20(24)19(11-22)27-21/h2-7,9,18-19,22-23H,8,10-12H2,1H3/t18-,19-,21?/m1/s1. The van der Waals surface area contributed by atoms with Crippen LogP contribution in [0.1, 0.15) is 28.7 Å². The van der Waals surface area contributed by atoms with Gasteiger partial charge >= 0.3 is 0 Å². The minimum absolute atomic E-state index is 0.0291. The van der Waals surface area contributed by atoms with E-state index in [0.29, 0.717) is 6.61 Å². The average Bonchev–Trinajstić information content (AvgIpc) is 3.03. The third-order valence-corrected chi connectivity index (χ3v) is 5.22. The Morgan fingerprint density at radius 1 is 1.19 bits per heavy atom. The van der Waals surface area contributed by atoms with Gasteiger partial charge in [-0.05, 0) is 41.3 Å². The number of fused-ring (bicyclic) bond motifs is 2. The van der Waals surface area contributed by atoms with Crippen LogP contribution in [-0.2, 0) is 33.1 Å². The molecule has 4 rings (SSSR count). The third kappa shape index (κ3) is 3.26. The number of hydrogen-bond donors (Lipinski definition) is 2. The fraction of sp³-hybridized carbons (Fsp3) is 0.381. The first kappa shape index (κ1) is 18.1. The zero-order chi connectivity index (χ0) is 19.0. The van der Waals surface area contributed by atoms with Crippen molar-refractivity contribution in [2.75, 3.05) is 13.7 Å². The number of Topliss-reactive ketones (excluding diaryl/α,β-unsaturated/α-hetero) is 1. The minimum atomic E-state index is -1.22. The summed E-state index contributed by atoms with van der Waals surface area (Å²) in [6.07, 6.45) is -1.54. The molecule has 0 aliphatic carbocycles. The lowest BCUT2D eigenvalue weighted by Gasteiger charge is -2.39. The van der Waals surface area contributed by atoms with Gasteiger partial charge in [0.15, 0.2) is 11.6 Å². The molecule has 142 valence electrons. The topological polar surface area (TPSA) is 85.2 Å². The molecular formula is C21H22O6. The highest BCUT2D eigenvalue weighted by Gasteiger charge is 2.51. The fourth-order valence-corrected chi connectivity index (χ4v) is 3.76. The van der Waals surface area contributed by atoms with Gasteiger partial charge in [0.25, 0.3) is 0 Å². The number of aliphatic hydroxyl groups excluding tert-OH is 2. The number of carbonyl (C=O) groups excluding carboxylic acids is 1. The zero-order valence-corrected chi connectivity index (χ0v) is 15.1. The molecule has 3 atom stereocenters. The number of hydrogen-bond acceptors (Lipinski definition) is 6. The molecule has 1 spiro atoms. The number of ether oxygens (including phenoxy) is 3. The van der Waals surface area contributed by atoms with Crippen LogP contribution >= 0.6 is 0 Å². The van der Waals surface area contributed by atoms with Gasteiger partial charge in [-0.15, -0.1) is 0 Å². The van der Waals surface area contributed by atoms with Crippen LogP contribution in [0.5, 0.6) is 5.75 Å². The van der Waals surface area contributed by atoms with Gasteiger partial charge in [0, 0.05) is 12.0 Å². The number of benzene rings is 2. The van der Waals surface area contributed by atoms with Crippen LogP contribution in [0.3, 0.4) is 0 Å². The second kappa shape index (κ2) is 7.05. The van der Waals surface area contributed by atoms with Gasteiger partial charge in [-0.2, -0.15) is 0 Å². The average molecular weight is 370 g/mol. The smallest absolute Gasteiger partial charge is 0.199 e. The summed E-state index contributed by atoms with van der Waals surface area (Å²) in [4.78, 5) is 12.0. The molecule has 27 heavy (non-hydrogen) atoms. The van der Waals surface area contributed by atoms with E-state index < -0.39 is 30.4 Å². The molecule has 2 aliphatic heterocycles. The Kier molecular flexibility index (Phi) is 4.74. The van der Waals surface area contributed by atoms with Crippen molar-refractivity contribution in [2.24, 2.45) is 0 Å². The van der Waals surface area contributed by atoms with Gasteiger partial charge in [-0.25, -0.2) is 0 Å². The quantitative estimate of drug-likeness (QED) is 0.852. The lowest BCUT2D eigenvalue weighted by atomic mass is 9.89. The minimum Gasteiger partial charge on any atom is -0.497 e. The summed E-state index contributed by atoms with van der Waals surface area (Å²) in [5, 5.41) is 19.6. The molecule has 2 aromatic carbocycles. The number of rotatable bonds is 4. The van der Waals surface area contributed by atoms with Crippen molar-refractivity contribution in [2.45, 2.75) is 37.4 Å². The van der Waals surface area contributed by atoms with E-state index in [9.17, 15) is 15.0 Å². The Morgan fingerprint density at radius 2 is 1.93 bits per heavy atom. The van der Waals surface area contributed by atoms with Crippen molar-refractivity contribution in [1.82, 2.24) is 0 Å². The highest BCUT2D eigenvalue weighted by Crippen LogP contribution is 2.45. The van der Waals surface area contributed by atoms with Crippen molar-refractivity contribution in [1.29, 1.82) is 0 Å². The highest BCUT2D eigenvalue weighted by atomic mass is 16.7. The maximum absolute atomic E-state index is 12.0. The Balaban J connectivity index is 1.62. The predicted molar refractivity (Wildman–Crippen MR) is 96.3 cm³/mol. The van der Waals surface area contributed by atoms with E-state index in [4.69, 9.17) is 14.2 Å². The van der Waals surface area contributed by atoms with Crippen molar-refractivity contribution >= 4 is 5.78 Å². The molecule has 1 fully saturated rings. The summed E-state index contributed by atoms with van der Waals surface area (Å²) < 4.78 is 16.9. The summed E-state index contributed by atoms with van der Waals surface area (Å²) in [7, 11) is 1.64. The molecule has 2 N–H and O–H groups in total. The number of aliphatic hydroxyl groups is 2. The molecule has 0 saturated carbocycles. The van der Waals surface area contributed by atoms with E-state index in [2.05, 4.69) is 0 Å². The zero-order valence-electron chi connectivity index (χ0n) is 15.1. The lowest BCUT2D eigenvalue weighted by Crippen LogP contribution is -2.51. The molecular weight excluding hydrogens is 348 g/mol. The molecule has 0 radical (unpaired) electrons. The van der Waals surface area contributed by atoms with Crippen LogP contribution in [0.25, 0.3) is 0 Å². The molecule has 6 nitrogen and oxygen atoms in total. The van der Waals surface area contributed by atoms with E-state index in [-0.39, 0.29) is 6.42 Å². The second-order valence-corrected chi connectivity index (χ2v) is 6.97. The number of ketones is 1. The van der Waals surface area contributed by atoms with E-state index in [1.165, 1.54) is 0 Å². The predicted octanol–water partition coefficient (Wildman–Crippen LogP) is 1.68. The fourth-order valence-electron chi connectivity index (χ4n) is 3.76. The van der Waals surface area contributed by atoms with E-state index in [0.717, 1.165) is 34.4 Å². The summed E-state index contributed by atoms with van der Waals surface area (Å²) in [5.41, 5.74) is 3.99. The van der Waals surface area contributed by atoms with Crippen molar-refractivity contribution in [3.05, 3.63) is 64.7 Å². The molecule has 1 unspecified atom stereocenters.